The predicted octanol–water partition coefficient (Wildman–Crippen LogP) is 0.886. The van der Waals surface area contributed by atoms with Crippen LogP contribution in [0, 0.1) is 11.8 Å². The molecule has 0 amide bonds. The van der Waals surface area contributed by atoms with Gasteiger partial charge >= 0.3 is 5.97 Å². The van der Waals surface area contributed by atoms with Crippen LogP contribution in [0.5, 0.6) is 0 Å². The quantitative estimate of drug-likeness (QED) is 0.323. The first-order valence-corrected chi connectivity index (χ1v) is 6.85. The topological polar surface area (TPSA) is 88.0 Å². The van der Waals surface area contributed by atoms with Crippen LogP contribution in [0.4, 0.5) is 4.39 Å². The second-order valence-corrected chi connectivity index (χ2v) is 5.87. The zero-order valence-electron chi connectivity index (χ0n) is 10.7. The Morgan fingerprint density at radius 1 is 1.42 bits per heavy atom. The standard InChI is InChI=1S/C11H19FO6S/c1-11(12,19-18-17-15)10(14)16-7-9-4-2-8(6-13)3-5-9/h8-9,13,15H,2-7H2,1H3/p-1. The van der Waals surface area contributed by atoms with Crippen molar-refractivity contribution in [1.82, 2.24) is 0 Å². The Balaban J connectivity index is 2.26. The highest BCUT2D eigenvalue weighted by atomic mass is 32.2. The zero-order valence-corrected chi connectivity index (χ0v) is 11.5. The Kier molecular flexibility index (Phi) is 7.01. The molecule has 1 unspecified atom stereocenters. The number of hydrogen-bond donors (Lipinski definition) is 1. The Labute approximate surface area is 115 Å². The number of ether oxygens (including phenoxy) is 1. The van der Waals surface area contributed by atoms with Gasteiger partial charge in [0.2, 0.25) is 0 Å². The molecule has 1 rings (SSSR count). The van der Waals surface area contributed by atoms with Crippen LogP contribution in [-0.2, 0) is 18.9 Å². The van der Waals surface area contributed by atoms with Crippen LogP contribution in [0.3, 0.4) is 0 Å². The maximum absolute atomic E-state index is 13.7. The Bertz CT molecular complexity index is 280. The molecule has 0 radical (unpaired) electrons. The third kappa shape index (κ3) is 5.62. The first-order valence-electron chi connectivity index (χ1n) is 6.11. The van der Waals surface area contributed by atoms with Gasteiger partial charge in [-0.25, -0.2) is 9.18 Å². The lowest BCUT2D eigenvalue weighted by atomic mass is 9.83. The van der Waals surface area contributed by atoms with E-state index in [0.717, 1.165) is 32.6 Å². The van der Waals surface area contributed by atoms with Crippen LogP contribution in [0.15, 0.2) is 0 Å². The molecule has 0 bridgehead atoms. The molecular formula is C11H18FO6S-. The average molecular weight is 297 g/mol. The molecule has 0 aliphatic heterocycles. The van der Waals surface area contributed by atoms with Crippen LogP contribution >= 0.6 is 12.0 Å². The summed E-state index contributed by atoms with van der Waals surface area (Å²) in [7, 11) is 0. The normalized spacial score (nSPS) is 26.7. The summed E-state index contributed by atoms with van der Waals surface area (Å²) in [4.78, 5) is 11.4. The van der Waals surface area contributed by atoms with Crippen molar-refractivity contribution >= 4 is 18.0 Å². The molecule has 0 heterocycles. The lowest BCUT2D eigenvalue weighted by Crippen LogP contribution is -2.31. The smallest absolute Gasteiger partial charge is 0.356 e. The van der Waals surface area contributed by atoms with Crippen LogP contribution in [0.25, 0.3) is 0 Å². The van der Waals surface area contributed by atoms with Crippen molar-refractivity contribution in [3.63, 3.8) is 0 Å². The Hall–Kier alpha value is -0.410. The number of esters is 1. The molecule has 1 aliphatic carbocycles. The Morgan fingerprint density at radius 2 is 2.00 bits per heavy atom. The molecule has 6 nitrogen and oxygen atoms in total. The fraction of sp³-hybridized carbons (Fsp3) is 0.909. The third-order valence-electron chi connectivity index (χ3n) is 3.26. The molecule has 1 fully saturated rings. The average Bonchev–Trinajstić information content (AvgIpc) is 2.43. The summed E-state index contributed by atoms with van der Waals surface area (Å²) in [5.74, 6) is -0.598. The molecule has 1 aliphatic rings. The van der Waals surface area contributed by atoms with Gasteiger partial charge in [0.1, 0.15) is 0 Å². The molecule has 112 valence electrons. The van der Waals surface area contributed by atoms with E-state index in [-0.39, 0.29) is 31.2 Å². The van der Waals surface area contributed by atoms with E-state index < -0.39 is 11.0 Å². The van der Waals surface area contributed by atoms with Gasteiger partial charge in [0.05, 0.1) is 18.6 Å². The molecule has 19 heavy (non-hydrogen) atoms. The van der Waals surface area contributed by atoms with Crippen molar-refractivity contribution in [2.45, 2.75) is 37.6 Å². The van der Waals surface area contributed by atoms with Gasteiger partial charge in [0, 0.05) is 6.61 Å². The fourth-order valence-corrected chi connectivity index (χ4v) is 2.30. The molecule has 1 N–H and O–H groups in total. The van der Waals surface area contributed by atoms with Crippen LogP contribution in [0.1, 0.15) is 32.6 Å². The van der Waals surface area contributed by atoms with Crippen molar-refractivity contribution < 1.29 is 33.7 Å². The van der Waals surface area contributed by atoms with Gasteiger partial charge < -0.3 is 15.1 Å². The number of carbonyl (C=O) groups is 1. The van der Waals surface area contributed by atoms with E-state index in [2.05, 4.69) is 9.37 Å². The predicted molar refractivity (Wildman–Crippen MR) is 62.8 cm³/mol. The molecule has 0 aromatic rings. The summed E-state index contributed by atoms with van der Waals surface area (Å²) in [6.45, 7) is 1.25. The second-order valence-electron chi connectivity index (χ2n) is 4.80. The highest BCUT2D eigenvalue weighted by molar-refractivity contribution is 7.96. The monoisotopic (exact) mass is 297 g/mol. The van der Waals surface area contributed by atoms with E-state index in [9.17, 15) is 14.4 Å². The van der Waals surface area contributed by atoms with Crippen molar-refractivity contribution in [2.75, 3.05) is 13.2 Å². The summed E-state index contributed by atoms with van der Waals surface area (Å²) in [5, 5.41) is 19.1. The summed E-state index contributed by atoms with van der Waals surface area (Å²) in [6.07, 6.45) is 3.45. The van der Waals surface area contributed by atoms with E-state index >= 15 is 0 Å². The molecule has 1 atom stereocenters. The maximum Gasteiger partial charge on any atom is 0.356 e. The van der Waals surface area contributed by atoms with Gasteiger partial charge in [-0.15, -0.1) is 0 Å². The van der Waals surface area contributed by atoms with Crippen LogP contribution in [0.2, 0.25) is 0 Å². The number of aliphatic hydroxyl groups is 1. The van der Waals surface area contributed by atoms with Gasteiger partial charge in [0.15, 0.2) is 0 Å². The third-order valence-corrected chi connectivity index (χ3v) is 3.86. The molecule has 0 aromatic carbocycles. The lowest BCUT2D eigenvalue weighted by Gasteiger charge is -2.27. The summed E-state index contributed by atoms with van der Waals surface area (Å²) in [5.41, 5.74) is 0. The highest BCUT2D eigenvalue weighted by Gasteiger charge is 2.38. The highest BCUT2D eigenvalue weighted by Crippen LogP contribution is 2.31. The van der Waals surface area contributed by atoms with Gasteiger partial charge in [-0.3, -0.25) is 5.04 Å². The Morgan fingerprint density at radius 3 is 2.53 bits per heavy atom. The van der Waals surface area contributed by atoms with Crippen LogP contribution < -0.4 is 5.26 Å². The summed E-state index contributed by atoms with van der Waals surface area (Å²) in [6, 6.07) is 0. The second kappa shape index (κ2) is 8.01. The summed E-state index contributed by atoms with van der Waals surface area (Å²) < 4.78 is 22.3. The van der Waals surface area contributed by atoms with Crippen molar-refractivity contribution in [1.29, 1.82) is 0 Å². The maximum atomic E-state index is 13.7. The number of hydrogen-bond acceptors (Lipinski definition) is 7. The van der Waals surface area contributed by atoms with Gasteiger partial charge in [-0.05, 0) is 44.4 Å². The number of aliphatic hydroxyl groups excluding tert-OH is 1. The van der Waals surface area contributed by atoms with E-state index in [1.165, 1.54) is 0 Å². The largest absolute Gasteiger partial charge is 0.691 e. The summed E-state index contributed by atoms with van der Waals surface area (Å²) >= 11 is -0.0316. The molecule has 0 aromatic heterocycles. The first kappa shape index (κ1) is 16.6. The van der Waals surface area contributed by atoms with E-state index in [1.54, 1.807) is 0 Å². The van der Waals surface area contributed by atoms with E-state index in [0.29, 0.717) is 5.92 Å². The number of alkyl halides is 1. The zero-order chi connectivity index (χ0) is 14.3. The van der Waals surface area contributed by atoms with E-state index in [4.69, 9.17) is 9.84 Å². The minimum Gasteiger partial charge on any atom is -0.691 e. The fourth-order valence-electron chi connectivity index (χ4n) is 2.01. The minimum atomic E-state index is -2.48. The van der Waals surface area contributed by atoms with Crippen LogP contribution in [-0.4, -0.2) is 29.3 Å². The molecule has 0 spiro atoms. The molecule has 1 saturated carbocycles. The molecule has 0 saturated heterocycles. The molecular weight excluding hydrogens is 279 g/mol. The molecule has 8 heteroatoms. The number of rotatable bonds is 7. The van der Waals surface area contributed by atoms with E-state index in [1.807, 2.05) is 0 Å². The minimum absolute atomic E-state index is 0.0316. The van der Waals surface area contributed by atoms with Crippen molar-refractivity contribution in [3.8, 4) is 0 Å². The van der Waals surface area contributed by atoms with Gasteiger partial charge in [-0.2, -0.15) is 4.33 Å². The SMILES string of the molecule is CC(F)(SOO[O-])C(=O)OCC1CCC(CO)CC1. The number of carbonyl (C=O) groups excluding carboxylic acids is 1. The van der Waals surface area contributed by atoms with Crippen molar-refractivity contribution in [3.05, 3.63) is 0 Å². The first-order chi connectivity index (χ1) is 8.99. The van der Waals surface area contributed by atoms with Crippen molar-refractivity contribution in [2.24, 2.45) is 11.8 Å². The number of halogens is 1. The van der Waals surface area contributed by atoms with Gasteiger partial charge in [-0.1, -0.05) is 0 Å². The lowest BCUT2D eigenvalue weighted by molar-refractivity contribution is -0.777. The van der Waals surface area contributed by atoms with Gasteiger partial charge in [0.25, 0.3) is 5.00 Å².